The fourth-order valence-electron chi connectivity index (χ4n) is 2.07. The zero-order chi connectivity index (χ0) is 14.5. The van der Waals surface area contributed by atoms with Gasteiger partial charge in [-0.25, -0.2) is 8.78 Å². The minimum Gasteiger partial charge on any atom is -0.393 e. The maximum absolute atomic E-state index is 13.8. The topological polar surface area (TPSA) is 20.2 Å². The van der Waals surface area contributed by atoms with Crippen LogP contribution in [0.5, 0.6) is 0 Å². The van der Waals surface area contributed by atoms with Gasteiger partial charge >= 0.3 is 0 Å². The maximum atomic E-state index is 13.8. The van der Waals surface area contributed by atoms with Gasteiger partial charge < -0.3 is 5.11 Å². The third-order valence-corrected chi connectivity index (χ3v) is 3.80. The molecule has 106 valence electrons. The average Bonchev–Trinajstić information content (AvgIpc) is 2.46. The molecule has 0 bridgehead atoms. The van der Waals surface area contributed by atoms with E-state index in [2.05, 4.69) is 15.9 Å². The van der Waals surface area contributed by atoms with E-state index in [-0.39, 0.29) is 16.5 Å². The summed E-state index contributed by atoms with van der Waals surface area (Å²) >= 11 is 3.02. The van der Waals surface area contributed by atoms with Crippen LogP contribution in [0.3, 0.4) is 0 Å². The van der Waals surface area contributed by atoms with Gasteiger partial charge in [-0.3, -0.25) is 0 Å². The lowest BCUT2D eigenvalue weighted by Crippen LogP contribution is -2.14. The number of hydrogen-bond acceptors (Lipinski definition) is 1. The molecule has 2 aromatic carbocycles. The predicted octanol–water partition coefficient (Wildman–Crippen LogP) is 4.26. The molecule has 0 spiro atoms. The standard InChI is InChI=1S/C16H15BrF2O/c17-14-8-9-15(18)13(16(14)19)10-12(20)7-6-11-4-2-1-3-5-11/h1-5,8-9,12,20H,6-7,10H2. The number of aliphatic hydroxyl groups excluding tert-OH is 1. The van der Waals surface area contributed by atoms with E-state index in [0.29, 0.717) is 12.8 Å². The van der Waals surface area contributed by atoms with Crippen LogP contribution in [0, 0.1) is 11.6 Å². The quantitative estimate of drug-likeness (QED) is 0.806. The summed E-state index contributed by atoms with van der Waals surface area (Å²) in [4.78, 5) is 0. The Bertz CT molecular complexity index is 572. The van der Waals surface area contributed by atoms with E-state index in [9.17, 15) is 13.9 Å². The fraction of sp³-hybridized carbons (Fsp3) is 0.250. The van der Waals surface area contributed by atoms with E-state index in [1.54, 1.807) is 0 Å². The van der Waals surface area contributed by atoms with Crippen LogP contribution < -0.4 is 0 Å². The summed E-state index contributed by atoms with van der Waals surface area (Å²) in [7, 11) is 0. The molecule has 1 N–H and O–H groups in total. The lowest BCUT2D eigenvalue weighted by atomic mass is 10.0. The molecule has 0 saturated carbocycles. The van der Waals surface area contributed by atoms with Crippen LogP contribution in [-0.4, -0.2) is 11.2 Å². The van der Waals surface area contributed by atoms with Crippen LogP contribution in [0.15, 0.2) is 46.9 Å². The molecular weight excluding hydrogens is 326 g/mol. The largest absolute Gasteiger partial charge is 0.393 e. The molecule has 0 heterocycles. The molecule has 0 radical (unpaired) electrons. The Morgan fingerprint density at radius 2 is 1.75 bits per heavy atom. The fourth-order valence-corrected chi connectivity index (χ4v) is 2.44. The van der Waals surface area contributed by atoms with Gasteiger partial charge in [0, 0.05) is 12.0 Å². The van der Waals surface area contributed by atoms with Crippen molar-refractivity contribution >= 4 is 15.9 Å². The van der Waals surface area contributed by atoms with Crippen molar-refractivity contribution in [2.24, 2.45) is 0 Å². The first-order valence-electron chi connectivity index (χ1n) is 6.42. The minimum absolute atomic E-state index is 0.0239. The zero-order valence-electron chi connectivity index (χ0n) is 10.8. The molecule has 2 rings (SSSR count). The highest BCUT2D eigenvalue weighted by molar-refractivity contribution is 9.10. The summed E-state index contributed by atoms with van der Waals surface area (Å²) < 4.78 is 27.6. The second-order valence-corrected chi connectivity index (χ2v) is 5.56. The van der Waals surface area contributed by atoms with E-state index in [1.165, 1.54) is 12.1 Å². The van der Waals surface area contributed by atoms with Crippen molar-refractivity contribution in [2.75, 3.05) is 0 Å². The Hall–Kier alpha value is -1.26. The number of rotatable bonds is 5. The first kappa shape index (κ1) is 15.1. The third kappa shape index (κ3) is 3.87. The molecule has 2 aromatic rings. The Morgan fingerprint density at radius 1 is 1.05 bits per heavy atom. The third-order valence-electron chi connectivity index (χ3n) is 3.19. The van der Waals surface area contributed by atoms with Crippen molar-refractivity contribution in [1.29, 1.82) is 0 Å². The Morgan fingerprint density at radius 3 is 2.45 bits per heavy atom. The molecule has 1 nitrogen and oxygen atoms in total. The van der Waals surface area contributed by atoms with Crippen molar-refractivity contribution in [3.8, 4) is 0 Å². The van der Waals surface area contributed by atoms with E-state index in [1.807, 2.05) is 30.3 Å². The molecule has 20 heavy (non-hydrogen) atoms. The van der Waals surface area contributed by atoms with Gasteiger partial charge in [0.05, 0.1) is 10.6 Å². The van der Waals surface area contributed by atoms with Gasteiger partial charge in [0.15, 0.2) is 0 Å². The first-order chi connectivity index (χ1) is 9.58. The summed E-state index contributed by atoms with van der Waals surface area (Å²) in [6.45, 7) is 0. The van der Waals surface area contributed by atoms with E-state index in [4.69, 9.17) is 0 Å². The average molecular weight is 341 g/mol. The molecule has 0 aromatic heterocycles. The summed E-state index contributed by atoms with van der Waals surface area (Å²) in [6.07, 6.45) is 0.354. The van der Waals surface area contributed by atoms with E-state index < -0.39 is 17.7 Å². The molecular formula is C16H15BrF2O. The van der Waals surface area contributed by atoms with Crippen molar-refractivity contribution in [3.63, 3.8) is 0 Å². The number of aliphatic hydroxyl groups is 1. The predicted molar refractivity (Wildman–Crippen MR) is 78.5 cm³/mol. The summed E-state index contributed by atoms with van der Waals surface area (Å²) in [6, 6.07) is 12.2. The molecule has 4 heteroatoms. The Kier molecular flexibility index (Phi) is 5.26. The summed E-state index contributed by atoms with van der Waals surface area (Å²) in [5, 5.41) is 9.96. The molecule has 0 amide bonds. The second kappa shape index (κ2) is 6.95. The van der Waals surface area contributed by atoms with Gasteiger partial charge in [0.1, 0.15) is 11.6 Å². The van der Waals surface area contributed by atoms with E-state index in [0.717, 1.165) is 5.56 Å². The highest BCUT2D eigenvalue weighted by Gasteiger charge is 2.16. The van der Waals surface area contributed by atoms with Gasteiger partial charge in [0.25, 0.3) is 0 Å². The Labute approximate surface area is 125 Å². The van der Waals surface area contributed by atoms with Crippen molar-refractivity contribution < 1.29 is 13.9 Å². The van der Waals surface area contributed by atoms with Gasteiger partial charge in [-0.05, 0) is 46.5 Å². The van der Waals surface area contributed by atoms with Crippen LogP contribution in [0.4, 0.5) is 8.78 Å². The number of hydrogen-bond donors (Lipinski definition) is 1. The van der Waals surface area contributed by atoms with Crippen molar-refractivity contribution in [2.45, 2.75) is 25.4 Å². The highest BCUT2D eigenvalue weighted by atomic mass is 79.9. The van der Waals surface area contributed by atoms with Crippen molar-refractivity contribution in [1.82, 2.24) is 0 Å². The van der Waals surface area contributed by atoms with Crippen LogP contribution >= 0.6 is 15.9 Å². The normalized spacial score (nSPS) is 12.4. The van der Waals surface area contributed by atoms with Crippen LogP contribution in [0.1, 0.15) is 17.5 Å². The number of benzene rings is 2. The van der Waals surface area contributed by atoms with Gasteiger partial charge in [0.2, 0.25) is 0 Å². The van der Waals surface area contributed by atoms with E-state index >= 15 is 0 Å². The number of halogens is 3. The number of aryl methyl sites for hydroxylation is 1. The zero-order valence-corrected chi connectivity index (χ0v) is 12.4. The molecule has 0 fully saturated rings. The maximum Gasteiger partial charge on any atom is 0.143 e. The molecule has 1 unspecified atom stereocenters. The first-order valence-corrected chi connectivity index (χ1v) is 7.21. The second-order valence-electron chi connectivity index (χ2n) is 4.70. The molecule has 0 aliphatic rings. The van der Waals surface area contributed by atoms with Crippen molar-refractivity contribution in [3.05, 3.63) is 69.7 Å². The molecule has 1 atom stereocenters. The minimum atomic E-state index is -0.770. The molecule has 0 aliphatic heterocycles. The van der Waals surface area contributed by atoms with Crippen LogP contribution in [0.25, 0.3) is 0 Å². The summed E-state index contributed by atoms with van der Waals surface area (Å²) in [5.74, 6) is -1.26. The lowest BCUT2D eigenvalue weighted by Gasteiger charge is -2.12. The monoisotopic (exact) mass is 340 g/mol. The SMILES string of the molecule is OC(CCc1ccccc1)Cc1c(F)ccc(Br)c1F. The van der Waals surface area contributed by atoms with Crippen LogP contribution in [-0.2, 0) is 12.8 Å². The van der Waals surface area contributed by atoms with Crippen LogP contribution in [0.2, 0.25) is 0 Å². The lowest BCUT2D eigenvalue weighted by molar-refractivity contribution is 0.162. The molecule has 0 saturated heterocycles. The van der Waals surface area contributed by atoms with Gasteiger partial charge in [-0.2, -0.15) is 0 Å². The smallest absolute Gasteiger partial charge is 0.143 e. The Balaban J connectivity index is 1.98. The summed E-state index contributed by atoms with van der Waals surface area (Å²) in [5.41, 5.74) is 1.03. The van der Waals surface area contributed by atoms with Gasteiger partial charge in [-0.1, -0.05) is 30.3 Å². The van der Waals surface area contributed by atoms with Gasteiger partial charge in [-0.15, -0.1) is 0 Å². The molecule has 0 aliphatic carbocycles. The highest BCUT2D eigenvalue weighted by Crippen LogP contribution is 2.23.